The Bertz CT molecular complexity index is 2400. The quantitative estimate of drug-likeness (QED) is 0.0280. The van der Waals surface area contributed by atoms with Crippen LogP contribution in [0.3, 0.4) is 0 Å². The van der Waals surface area contributed by atoms with Crippen LogP contribution >= 0.6 is 0 Å². The van der Waals surface area contributed by atoms with Gasteiger partial charge in [0.25, 0.3) is 0 Å². The summed E-state index contributed by atoms with van der Waals surface area (Å²) in [5.41, 5.74) is 6.95. The standard InChI is InChI=1S/C58H82N4O11/c1-38(24-19-26-40(3)29-31-44-42(5)51(66)46(34-57(44,13)14)70-49(64)36-60-53(68)59-33-21-28-48(63)72-55(7,8)9)22-17-18-23-39(2)25-20-27-41(4)30-32-45-43(6)52(67)47(35-58(45,15)16)71-50(65)37-61-54(69)62-73-56(10,11)12/h17-20,22-27,29-32,46-47H,21,28,33-37H2,1-16H3,(H2,59,60,68)(H2,61,62,69)/b18-17+,24-19+,25-20+,31-29+,32-30+,38-22+,39-23+,40-26+,41-27+/t46-,47-/m0/s1. The molecule has 4 amide bonds. The summed E-state index contributed by atoms with van der Waals surface area (Å²) in [6.07, 6.45) is 26.9. The summed E-state index contributed by atoms with van der Waals surface area (Å²) < 4.78 is 16.3. The Morgan fingerprint density at radius 2 is 0.959 bits per heavy atom. The summed E-state index contributed by atoms with van der Waals surface area (Å²) in [4.78, 5) is 92.8. The van der Waals surface area contributed by atoms with Gasteiger partial charge in [0.05, 0.1) is 5.60 Å². The molecule has 4 N–H and O–H groups in total. The fourth-order valence-corrected chi connectivity index (χ4v) is 7.59. The molecule has 2 rings (SSSR count). The molecule has 2 aliphatic carbocycles. The van der Waals surface area contributed by atoms with Crippen LogP contribution in [0.2, 0.25) is 0 Å². The van der Waals surface area contributed by atoms with Crippen LogP contribution in [-0.2, 0) is 43.0 Å². The minimum atomic E-state index is -0.968. The number of hydrogen-bond donors (Lipinski definition) is 4. The normalized spacial score (nSPS) is 19.4. The van der Waals surface area contributed by atoms with Gasteiger partial charge in [-0.3, -0.25) is 28.8 Å². The lowest BCUT2D eigenvalue weighted by atomic mass is 9.71. The van der Waals surface area contributed by atoms with Crippen LogP contribution in [0.5, 0.6) is 0 Å². The molecule has 15 nitrogen and oxygen atoms in total. The van der Waals surface area contributed by atoms with Gasteiger partial charge >= 0.3 is 30.0 Å². The molecule has 0 aliphatic heterocycles. The van der Waals surface area contributed by atoms with Gasteiger partial charge in [-0.15, -0.1) is 0 Å². The largest absolute Gasteiger partial charge is 0.460 e. The summed E-state index contributed by atoms with van der Waals surface area (Å²) in [6, 6.07) is -1.27. The van der Waals surface area contributed by atoms with Gasteiger partial charge in [-0.05, 0) is 123 Å². The molecule has 2 aliphatic rings. The average molecular weight is 1010 g/mol. The van der Waals surface area contributed by atoms with E-state index in [-0.39, 0.29) is 30.5 Å². The summed E-state index contributed by atoms with van der Waals surface area (Å²) >= 11 is 0. The van der Waals surface area contributed by atoms with Crippen molar-refractivity contribution in [3.05, 3.63) is 130 Å². The summed E-state index contributed by atoms with van der Waals surface area (Å²) in [7, 11) is 0. The van der Waals surface area contributed by atoms with Crippen LogP contribution in [0.4, 0.5) is 9.59 Å². The zero-order chi connectivity index (χ0) is 55.3. The number of Topliss-reactive ketones (excluding diaryl/α,β-unsaturated/α-hetero) is 2. The molecule has 0 aromatic rings. The van der Waals surface area contributed by atoms with E-state index in [0.717, 1.165) is 33.4 Å². The maximum absolute atomic E-state index is 13.3. The minimum absolute atomic E-state index is 0.149. The number of ether oxygens (including phenoxy) is 3. The van der Waals surface area contributed by atoms with Gasteiger partial charge in [-0.2, -0.15) is 0 Å². The van der Waals surface area contributed by atoms with Gasteiger partial charge in [0.15, 0.2) is 23.8 Å². The van der Waals surface area contributed by atoms with Crippen molar-refractivity contribution < 1.29 is 52.6 Å². The Balaban J connectivity index is 1.90. The zero-order valence-electron chi connectivity index (χ0n) is 46.2. The molecule has 0 spiro atoms. The highest BCUT2D eigenvalue weighted by molar-refractivity contribution is 6.02. The molecule has 400 valence electrons. The molecule has 0 heterocycles. The number of carbonyl (C=O) groups is 7. The third-order valence-electron chi connectivity index (χ3n) is 11.3. The van der Waals surface area contributed by atoms with Gasteiger partial charge in [0, 0.05) is 25.8 Å². The Labute approximate surface area is 434 Å². The minimum Gasteiger partial charge on any atom is -0.460 e. The van der Waals surface area contributed by atoms with E-state index in [1.807, 2.05) is 140 Å². The molecule has 0 unspecified atom stereocenters. The van der Waals surface area contributed by atoms with Gasteiger partial charge in [0.2, 0.25) is 0 Å². The average Bonchev–Trinajstić information content (AvgIpc) is 3.26. The third kappa shape index (κ3) is 24.1. The Hall–Kier alpha value is -6.61. The molecular weight excluding hydrogens is 929 g/mol. The number of carbonyl (C=O) groups excluding carboxylic acids is 7. The number of hydroxylamine groups is 1. The highest BCUT2D eigenvalue weighted by Gasteiger charge is 2.41. The fourth-order valence-electron chi connectivity index (χ4n) is 7.59. The lowest BCUT2D eigenvalue weighted by Gasteiger charge is -2.36. The maximum Gasteiger partial charge on any atom is 0.339 e. The Morgan fingerprint density at radius 3 is 1.37 bits per heavy atom. The molecule has 0 saturated heterocycles. The summed E-state index contributed by atoms with van der Waals surface area (Å²) in [5, 5.41) is 7.40. The van der Waals surface area contributed by atoms with Crippen molar-refractivity contribution in [3.8, 4) is 0 Å². The first-order valence-corrected chi connectivity index (χ1v) is 24.7. The Kier molecular flexibility index (Phi) is 24.5. The molecule has 73 heavy (non-hydrogen) atoms. The number of esters is 3. The van der Waals surface area contributed by atoms with E-state index in [2.05, 4.69) is 21.4 Å². The van der Waals surface area contributed by atoms with E-state index < -0.39 is 71.3 Å². The van der Waals surface area contributed by atoms with Crippen molar-refractivity contribution in [1.82, 2.24) is 21.4 Å². The number of ketones is 2. The molecule has 0 aromatic carbocycles. The number of nitrogens with one attached hydrogen (secondary N) is 4. The van der Waals surface area contributed by atoms with Crippen LogP contribution in [-0.4, -0.2) is 84.6 Å². The smallest absolute Gasteiger partial charge is 0.339 e. The highest BCUT2D eigenvalue weighted by Crippen LogP contribution is 2.42. The second-order valence-electron chi connectivity index (χ2n) is 21.7. The second kappa shape index (κ2) is 28.6. The van der Waals surface area contributed by atoms with E-state index in [1.165, 1.54) is 0 Å². The lowest BCUT2D eigenvalue weighted by molar-refractivity contribution is -0.155. The number of rotatable bonds is 21. The van der Waals surface area contributed by atoms with Crippen molar-refractivity contribution in [1.29, 1.82) is 0 Å². The number of allylic oxidation sites excluding steroid dienone is 20. The first-order valence-electron chi connectivity index (χ1n) is 24.7. The van der Waals surface area contributed by atoms with Gasteiger partial charge in [0.1, 0.15) is 18.7 Å². The predicted octanol–water partition coefficient (Wildman–Crippen LogP) is 10.5. The van der Waals surface area contributed by atoms with E-state index >= 15 is 0 Å². The van der Waals surface area contributed by atoms with Gasteiger partial charge < -0.3 is 30.2 Å². The molecule has 0 radical (unpaired) electrons. The van der Waals surface area contributed by atoms with Crippen molar-refractivity contribution >= 4 is 41.5 Å². The molecule has 0 saturated carbocycles. The van der Waals surface area contributed by atoms with Crippen molar-refractivity contribution in [2.24, 2.45) is 10.8 Å². The first kappa shape index (κ1) is 62.5. The van der Waals surface area contributed by atoms with Crippen LogP contribution in [0.15, 0.2) is 130 Å². The first-order chi connectivity index (χ1) is 33.8. The summed E-state index contributed by atoms with van der Waals surface area (Å²) in [5.74, 6) is -2.34. The van der Waals surface area contributed by atoms with Crippen LogP contribution < -0.4 is 21.4 Å². The zero-order valence-corrected chi connectivity index (χ0v) is 46.2. The van der Waals surface area contributed by atoms with E-state index in [4.69, 9.17) is 19.0 Å². The summed E-state index contributed by atoms with van der Waals surface area (Å²) in [6.45, 7) is 29.5. The van der Waals surface area contributed by atoms with Crippen molar-refractivity contribution in [3.63, 3.8) is 0 Å². The maximum atomic E-state index is 13.3. The molecule has 0 fully saturated rings. The van der Waals surface area contributed by atoms with Crippen molar-refractivity contribution in [2.45, 2.75) is 160 Å². The van der Waals surface area contributed by atoms with Crippen molar-refractivity contribution in [2.75, 3.05) is 19.6 Å². The van der Waals surface area contributed by atoms with Crippen LogP contribution in [0, 0.1) is 10.8 Å². The lowest BCUT2D eigenvalue weighted by Crippen LogP contribution is -2.44. The number of urea groups is 2. The van der Waals surface area contributed by atoms with Gasteiger partial charge in [-0.1, -0.05) is 135 Å². The van der Waals surface area contributed by atoms with Crippen LogP contribution in [0.25, 0.3) is 0 Å². The van der Waals surface area contributed by atoms with Crippen LogP contribution in [0.1, 0.15) is 136 Å². The third-order valence-corrected chi connectivity index (χ3v) is 11.3. The van der Waals surface area contributed by atoms with E-state index in [1.54, 1.807) is 55.4 Å². The number of hydrogen-bond acceptors (Lipinski definition) is 11. The highest BCUT2D eigenvalue weighted by atomic mass is 16.7. The molecule has 0 aromatic heterocycles. The van der Waals surface area contributed by atoms with E-state index in [9.17, 15) is 33.6 Å². The topological polar surface area (TPSA) is 205 Å². The number of amides is 4. The monoisotopic (exact) mass is 1010 g/mol. The molecular formula is C58H82N4O11. The Morgan fingerprint density at radius 1 is 0.562 bits per heavy atom. The second-order valence-corrected chi connectivity index (χ2v) is 21.7. The van der Waals surface area contributed by atoms with E-state index in [0.29, 0.717) is 30.4 Å². The SMILES string of the molecule is CC1=C(/C=C/C(C)=C/C=C/C(C)=C/C=C/C=C(C)/C=C/C=C(C)/C=C/C2=C(C)C(=O)[C@@H](OC(=O)CNC(=O)NOC(C)(C)C)CC2(C)C)C(C)(C)C[C@H](OC(=O)CNC(=O)NCCCC(=O)OC(C)(C)C)C1=O. The fraction of sp³-hybridized carbons (Fsp3) is 0.500. The van der Waals surface area contributed by atoms with Gasteiger partial charge in [-0.25, -0.2) is 15.1 Å². The molecule has 15 heteroatoms. The predicted molar refractivity (Wildman–Crippen MR) is 287 cm³/mol. The molecule has 0 bridgehead atoms. The molecule has 2 atom stereocenters.